The molecule has 0 radical (unpaired) electrons. The topological polar surface area (TPSA) is 101 Å². The highest BCUT2D eigenvalue weighted by atomic mass is 32.1. The third-order valence-corrected chi connectivity index (χ3v) is 4.67. The second-order valence-corrected chi connectivity index (χ2v) is 6.26. The van der Waals surface area contributed by atoms with Crippen LogP contribution in [-0.2, 0) is 6.42 Å². The van der Waals surface area contributed by atoms with Crippen molar-refractivity contribution in [3.8, 4) is 11.3 Å². The van der Waals surface area contributed by atoms with E-state index in [2.05, 4.69) is 9.97 Å². The summed E-state index contributed by atoms with van der Waals surface area (Å²) in [5.74, 6) is -1.52. The lowest BCUT2D eigenvalue weighted by Crippen LogP contribution is -2.06. The van der Waals surface area contributed by atoms with Gasteiger partial charge in [0.2, 0.25) is 0 Å². The van der Waals surface area contributed by atoms with Crippen molar-refractivity contribution < 1.29 is 14.3 Å². The molecule has 0 saturated carbocycles. The molecule has 0 amide bonds. The number of aromatic amines is 1. The molecule has 3 aromatic heterocycles. The molecule has 4 aromatic rings. The molecule has 24 heavy (non-hydrogen) atoms. The molecule has 7 nitrogen and oxygen atoms in total. The van der Waals surface area contributed by atoms with Crippen molar-refractivity contribution in [1.82, 2.24) is 14.4 Å². The van der Waals surface area contributed by atoms with E-state index in [4.69, 9.17) is 4.42 Å². The van der Waals surface area contributed by atoms with Gasteiger partial charge in [-0.2, -0.15) is 0 Å². The number of imidazole rings is 1. The Kier molecular flexibility index (Phi) is 3.27. The smallest absolute Gasteiger partial charge is 0.417 e. The molecule has 122 valence electrons. The van der Waals surface area contributed by atoms with E-state index in [9.17, 15) is 14.7 Å². The van der Waals surface area contributed by atoms with Crippen LogP contribution in [0.2, 0.25) is 0 Å². The first-order valence-electron chi connectivity index (χ1n) is 7.44. The fourth-order valence-corrected chi connectivity index (χ4v) is 3.76. The fourth-order valence-electron chi connectivity index (χ4n) is 2.84. The standard InChI is InChI=1S/C16H13N3O4S/c1-2-3-10-13(14(20)21)19-11(7-24-15(19)17-10)8-4-5-9-12(6-8)23-16(22)18-9/h4-7H,2-3H2,1H3,(H,18,22)(H,20,21). The van der Waals surface area contributed by atoms with Crippen LogP contribution >= 0.6 is 11.3 Å². The van der Waals surface area contributed by atoms with E-state index >= 15 is 0 Å². The Balaban J connectivity index is 1.97. The lowest BCUT2D eigenvalue weighted by molar-refractivity contribution is 0.0688. The summed E-state index contributed by atoms with van der Waals surface area (Å²) in [5.41, 5.74) is 3.30. The predicted octanol–water partition coefficient (Wildman–Crippen LogP) is 3.15. The highest BCUT2D eigenvalue weighted by molar-refractivity contribution is 7.15. The SMILES string of the molecule is CCCc1nc2scc(-c3ccc4[nH]c(=O)oc4c3)n2c1C(=O)O. The number of benzene rings is 1. The number of carboxylic acid groups (broad SMARTS) is 1. The summed E-state index contributed by atoms with van der Waals surface area (Å²) in [4.78, 5) is 30.7. The van der Waals surface area contributed by atoms with Crippen molar-refractivity contribution in [2.24, 2.45) is 0 Å². The maximum atomic E-state index is 11.7. The van der Waals surface area contributed by atoms with E-state index in [1.54, 1.807) is 16.5 Å². The van der Waals surface area contributed by atoms with Crippen LogP contribution in [0.3, 0.4) is 0 Å². The number of carboxylic acids is 1. The van der Waals surface area contributed by atoms with Gasteiger partial charge >= 0.3 is 11.7 Å². The minimum atomic E-state index is -1.00. The van der Waals surface area contributed by atoms with Crippen LogP contribution in [-0.4, -0.2) is 25.4 Å². The molecular weight excluding hydrogens is 330 g/mol. The number of aromatic carboxylic acids is 1. The van der Waals surface area contributed by atoms with Crippen LogP contribution in [0.25, 0.3) is 27.3 Å². The van der Waals surface area contributed by atoms with Crippen LogP contribution in [0.1, 0.15) is 29.5 Å². The van der Waals surface area contributed by atoms with Crippen LogP contribution in [0.15, 0.2) is 32.8 Å². The average molecular weight is 343 g/mol. The monoisotopic (exact) mass is 343 g/mol. The normalized spacial score (nSPS) is 11.5. The predicted molar refractivity (Wildman–Crippen MR) is 89.9 cm³/mol. The Morgan fingerprint density at radius 3 is 3.04 bits per heavy atom. The number of hydrogen-bond acceptors (Lipinski definition) is 5. The van der Waals surface area contributed by atoms with Gasteiger partial charge in [-0.05, 0) is 18.6 Å². The highest BCUT2D eigenvalue weighted by Gasteiger charge is 2.22. The van der Waals surface area contributed by atoms with Crippen LogP contribution in [0.5, 0.6) is 0 Å². The van der Waals surface area contributed by atoms with Gasteiger partial charge in [0.05, 0.1) is 16.9 Å². The Bertz CT molecular complexity index is 1130. The summed E-state index contributed by atoms with van der Waals surface area (Å²) in [7, 11) is 0. The molecule has 0 unspecified atom stereocenters. The summed E-state index contributed by atoms with van der Waals surface area (Å²) in [6, 6.07) is 5.28. The summed E-state index contributed by atoms with van der Waals surface area (Å²) in [6.07, 6.45) is 1.43. The van der Waals surface area contributed by atoms with Crippen molar-refractivity contribution in [3.63, 3.8) is 0 Å². The first-order chi connectivity index (χ1) is 11.6. The molecule has 4 rings (SSSR count). The molecular formula is C16H13N3O4S. The molecule has 0 aliphatic rings. The maximum Gasteiger partial charge on any atom is 0.417 e. The van der Waals surface area contributed by atoms with Gasteiger partial charge in [-0.3, -0.25) is 9.38 Å². The molecule has 3 heterocycles. The number of H-pyrrole nitrogens is 1. The molecule has 0 bridgehead atoms. The van der Waals surface area contributed by atoms with Crippen molar-refractivity contribution >= 4 is 33.4 Å². The van der Waals surface area contributed by atoms with Gasteiger partial charge in [0.15, 0.2) is 16.2 Å². The zero-order valence-corrected chi connectivity index (χ0v) is 13.5. The van der Waals surface area contributed by atoms with Crippen LogP contribution in [0, 0.1) is 0 Å². The first kappa shape index (κ1) is 14.7. The van der Waals surface area contributed by atoms with Gasteiger partial charge in [-0.15, -0.1) is 11.3 Å². The van der Waals surface area contributed by atoms with Crippen molar-refractivity contribution in [2.45, 2.75) is 19.8 Å². The average Bonchev–Trinajstić information content (AvgIpc) is 3.18. The summed E-state index contributed by atoms with van der Waals surface area (Å²) in [6.45, 7) is 1.99. The first-order valence-corrected chi connectivity index (χ1v) is 8.31. The summed E-state index contributed by atoms with van der Waals surface area (Å²) in [5, 5.41) is 11.5. The van der Waals surface area contributed by atoms with Crippen LogP contribution < -0.4 is 5.76 Å². The molecule has 0 saturated heterocycles. The second-order valence-electron chi connectivity index (χ2n) is 5.43. The van der Waals surface area contributed by atoms with Crippen molar-refractivity contribution in [3.05, 3.63) is 45.5 Å². The van der Waals surface area contributed by atoms with E-state index < -0.39 is 11.7 Å². The van der Waals surface area contributed by atoms with E-state index in [0.29, 0.717) is 33.9 Å². The third-order valence-electron chi connectivity index (χ3n) is 3.84. The number of hydrogen-bond donors (Lipinski definition) is 2. The van der Waals surface area contributed by atoms with E-state index in [1.807, 2.05) is 18.4 Å². The van der Waals surface area contributed by atoms with Gasteiger partial charge in [-0.1, -0.05) is 19.4 Å². The number of oxazole rings is 1. The number of fused-ring (bicyclic) bond motifs is 2. The fraction of sp³-hybridized carbons (Fsp3) is 0.188. The molecule has 0 aliphatic carbocycles. The van der Waals surface area contributed by atoms with Gasteiger partial charge in [-0.25, -0.2) is 14.6 Å². The molecule has 1 aromatic carbocycles. The van der Waals surface area contributed by atoms with Gasteiger partial charge in [0, 0.05) is 10.9 Å². The van der Waals surface area contributed by atoms with E-state index in [1.165, 1.54) is 11.3 Å². The third kappa shape index (κ3) is 2.15. The van der Waals surface area contributed by atoms with Gasteiger partial charge in [0.1, 0.15) is 0 Å². The van der Waals surface area contributed by atoms with Crippen LogP contribution in [0.4, 0.5) is 0 Å². The minimum Gasteiger partial charge on any atom is -0.477 e. The number of aromatic nitrogens is 3. The molecule has 0 aliphatic heterocycles. The molecule has 2 N–H and O–H groups in total. The van der Waals surface area contributed by atoms with Crippen molar-refractivity contribution in [1.29, 1.82) is 0 Å². The van der Waals surface area contributed by atoms with Gasteiger partial charge in [0.25, 0.3) is 0 Å². The zero-order chi connectivity index (χ0) is 16.8. The molecule has 0 atom stereocenters. The quantitative estimate of drug-likeness (QED) is 0.593. The number of nitrogens with zero attached hydrogens (tertiary/aromatic N) is 2. The Labute approximate surface area is 139 Å². The number of nitrogens with one attached hydrogen (secondary N) is 1. The van der Waals surface area contributed by atoms with Gasteiger partial charge < -0.3 is 9.52 Å². The number of carbonyl (C=O) groups is 1. The molecule has 0 spiro atoms. The maximum absolute atomic E-state index is 11.7. The largest absolute Gasteiger partial charge is 0.477 e. The number of rotatable bonds is 4. The summed E-state index contributed by atoms with van der Waals surface area (Å²) >= 11 is 1.39. The van der Waals surface area contributed by atoms with E-state index in [0.717, 1.165) is 12.0 Å². The van der Waals surface area contributed by atoms with Crippen molar-refractivity contribution in [2.75, 3.05) is 0 Å². The lowest BCUT2D eigenvalue weighted by atomic mass is 10.1. The Morgan fingerprint density at radius 1 is 1.46 bits per heavy atom. The van der Waals surface area contributed by atoms with E-state index in [-0.39, 0.29) is 5.69 Å². The Morgan fingerprint density at radius 2 is 2.29 bits per heavy atom. The summed E-state index contributed by atoms with van der Waals surface area (Å²) < 4.78 is 6.75. The highest BCUT2D eigenvalue weighted by Crippen LogP contribution is 2.31. The molecule has 0 fully saturated rings. The number of thiazole rings is 1. The minimum absolute atomic E-state index is 0.193. The Hall–Kier alpha value is -2.87. The number of aryl methyl sites for hydroxylation is 1. The lowest BCUT2D eigenvalue weighted by Gasteiger charge is -2.03. The molecule has 8 heteroatoms. The second kappa shape index (κ2) is 5.34. The zero-order valence-electron chi connectivity index (χ0n) is 12.7.